The van der Waals surface area contributed by atoms with E-state index in [1.54, 1.807) is 42.5 Å². The van der Waals surface area contributed by atoms with Crippen LogP contribution in [0.2, 0.25) is 0 Å². The molecular formula is C22H30N2O4S. The number of sulfonamides is 1. The van der Waals surface area contributed by atoms with E-state index in [0.29, 0.717) is 23.5 Å². The van der Waals surface area contributed by atoms with E-state index in [1.807, 2.05) is 27.7 Å². The van der Waals surface area contributed by atoms with Crippen LogP contribution < -0.4 is 10.1 Å². The van der Waals surface area contributed by atoms with Gasteiger partial charge in [0.2, 0.25) is 10.0 Å². The molecule has 1 unspecified atom stereocenters. The fourth-order valence-electron chi connectivity index (χ4n) is 2.76. The Labute approximate surface area is 173 Å². The molecule has 0 aliphatic carbocycles. The molecule has 0 aliphatic heterocycles. The van der Waals surface area contributed by atoms with Crippen molar-refractivity contribution in [2.75, 3.05) is 13.7 Å². The number of carbonyl (C=O) groups excluding carboxylic acids is 1. The number of hydrogen-bond acceptors (Lipinski definition) is 4. The maximum Gasteiger partial charge on any atom is 0.251 e. The van der Waals surface area contributed by atoms with Crippen molar-refractivity contribution in [1.29, 1.82) is 0 Å². The maximum absolute atomic E-state index is 12.9. The summed E-state index contributed by atoms with van der Waals surface area (Å²) >= 11 is 0. The maximum atomic E-state index is 12.9. The van der Waals surface area contributed by atoms with Gasteiger partial charge in [0.1, 0.15) is 5.75 Å². The number of carbonyl (C=O) groups is 1. The minimum Gasteiger partial charge on any atom is -0.494 e. The standard InChI is InChI=1S/C22H30N2O4S/c1-6-17(4)23-22(25)18-10-13-21(28-7-2)19(14-18)15-24(5)29(26,27)20-11-8-16(3)9-12-20/h8-14,17H,6-7,15H2,1-5H3,(H,23,25). The van der Waals surface area contributed by atoms with Crippen LogP contribution in [0, 0.1) is 6.92 Å². The van der Waals surface area contributed by atoms with Crippen molar-refractivity contribution in [3.05, 3.63) is 59.2 Å². The van der Waals surface area contributed by atoms with Crippen LogP contribution in [-0.2, 0) is 16.6 Å². The molecule has 0 radical (unpaired) electrons. The van der Waals surface area contributed by atoms with Gasteiger partial charge in [0.25, 0.3) is 5.91 Å². The predicted octanol–water partition coefficient (Wildman–Crippen LogP) is 3.74. The smallest absolute Gasteiger partial charge is 0.251 e. The van der Waals surface area contributed by atoms with E-state index in [2.05, 4.69) is 5.32 Å². The Balaban J connectivity index is 2.32. The zero-order valence-corrected chi connectivity index (χ0v) is 18.5. The van der Waals surface area contributed by atoms with Crippen LogP contribution in [0.5, 0.6) is 5.75 Å². The van der Waals surface area contributed by atoms with E-state index >= 15 is 0 Å². The van der Waals surface area contributed by atoms with E-state index in [-0.39, 0.29) is 23.4 Å². The second-order valence-electron chi connectivity index (χ2n) is 7.11. The molecule has 158 valence electrons. The van der Waals surface area contributed by atoms with Gasteiger partial charge in [0, 0.05) is 30.8 Å². The normalized spacial score (nSPS) is 12.6. The highest BCUT2D eigenvalue weighted by molar-refractivity contribution is 7.89. The highest BCUT2D eigenvalue weighted by Gasteiger charge is 2.23. The third-order valence-corrected chi connectivity index (χ3v) is 6.55. The summed E-state index contributed by atoms with van der Waals surface area (Å²) in [5, 5.41) is 2.93. The van der Waals surface area contributed by atoms with Gasteiger partial charge < -0.3 is 10.1 Å². The summed E-state index contributed by atoms with van der Waals surface area (Å²) in [5.74, 6) is 0.381. The summed E-state index contributed by atoms with van der Waals surface area (Å²) in [6.45, 7) is 8.25. The molecule has 0 aromatic heterocycles. The summed E-state index contributed by atoms with van der Waals surface area (Å²) in [5.41, 5.74) is 2.11. The third-order valence-electron chi connectivity index (χ3n) is 4.73. The molecule has 0 saturated heterocycles. The zero-order valence-electron chi connectivity index (χ0n) is 17.7. The first-order valence-electron chi connectivity index (χ1n) is 9.78. The lowest BCUT2D eigenvalue weighted by molar-refractivity contribution is 0.0939. The summed E-state index contributed by atoms with van der Waals surface area (Å²) in [6, 6.07) is 11.9. The monoisotopic (exact) mass is 418 g/mol. The molecule has 0 fully saturated rings. The molecule has 2 rings (SSSR count). The first-order chi connectivity index (χ1) is 13.7. The quantitative estimate of drug-likeness (QED) is 0.673. The largest absolute Gasteiger partial charge is 0.494 e. The Hall–Kier alpha value is -2.38. The second kappa shape index (κ2) is 9.89. The molecule has 1 N–H and O–H groups in total. The van der Waals surface area contributed by atoms with Crippen molar-refractivity contribution < 1.29 is 17.9 Å². The van der Waals surface area contributed by atoms with Gasteiger partial charge in [-0.15, -0.1) is 0 Å². The first kappa shape index (κ1) is 22.9. The number of nitrogens with one attached hydrogen (secondary N) is 1. The van der Waals surface area contributed by atoms with Crippen LogP contribution in [0.1, 0.15) is 48.7 Å². The molecule has 29 heavy (non-hydrogen) atoms. The van der Waals surface area contributed by atoms with Gasteiger partial charge in [-0.05, 0) is 57.5 Å². The van der Waals surface area contributed by atoms with Gasteiger partial charge in [0.15, 0.2) is 0 Å². The molecule has 0 saturated carbocycles. The first-order valence-corrected chi connectivity index (χ1v) is 11.2. The highest BCUT2D eigenvalue weighted by atomic mass is 32.2. The van der Waals surface area contributed by atoms with Crippen molar-refractivity contribution in [2.45, 2.75) is 51.6 Å². The minimum atomic E-state index is -3.66. The summed E-state index contributed by atoms with van der Waals surface area (Å²) < 4.78 is 32.8. The lowest BCUT2D eigenvalue weighted by atomic mass is 10.1. The van der Waals surface area contributed by atoms with Crippen molar-refractivity contribution in [2.24, 2.45) is 0 Å². The molecule has 1 atom stereocenters. The summed E-state index contributed by atoms with van der Waals surface area (Å²) in [7, 11) is -2.14. The molecule has 2 aromatic rings. The number of rotatable bonds is 9. The number of hydrogen-bond donors (Lipinski definition) is 1. The molecule has 6 nitrogen and oxygen atoms in total. The Bertz CT molecular complexity index is 940. The SMILES string of the molecule is CCOc1ccc(C(=O)NC(C)CC)cc1CN(C)S(=O)(=O)c1ccc(C)cc1. The number of nitrogens with zero attached hydrogens (tertiary/aromatic N) is 1. The van der Waals surface area contributed by atoms with Crippen LogP contribution in [0.3, 0.4) is 0 Å². The molecular weight excluding hydrogens is 388 g/mol. The lowest BCUT2D eigenvalue weighted by Crippen LogP contribution is -2.32. The van der Waals surface area contributed by atoms with Gasteiger partial charge >= 0.3 is 0 Å². The molecule has 7 heteroatoms. The Kier molecular flexibility index (Phi) is 7.81. The minimum absolute atomic E-state index is 0.0575. The average Bonchev–Trinajstić information content (AvgIpc) is 2.69. The van der Waals surface area contributed by atoms with Crippen LogP contribution in [0.15, 0.2) is 47.4 Å². The van der Waals surface area contributed by atoms with Gasteiger partial charge in [-0.2, -0.15) is 4.31 Å². The van der Waals surface area contributed by atoms with E-state index in [9.17, 15) is 13.2 Å². The topological polar surface area (TPSA) is 75.7 Å². The van der Waals surface area contributed by atoms with Gasteiger partial charge in [-0.25, -0.2) is 8.42 Å². The van der Waals surface area contributed by atoms with E-state index < -0.39 is 10.0 Å². The van der Waals surface area contributed by atoms with Crippen molar-refractivity contribution >= 4 is 15.9 Å². The highest BCUT2D eigenvalue weighted by Crippen LogP contribution is 2.25. The Morgan fingerprint density at radius 1 is 1.14 bits per heavy atom. The molecule has 1 amide bonds. The number of amides is 1. The van der Waals surface area contributed by atoms with Crippen LogP contribution in [-0.4, -0.2) is 38.3 Å². The fraction of sp³-hybridized carbons (Fsp3) is 0.409. The summed E-state index contributed by atoms with van der Waals surface area (Å²) in [4.78, 5) is 12.7. The predicted molar refractivity (Wildman–Crippen MR) is 115 cm³/mol. The van der Waals surface area contributed by atoms with Gasteiger partial charge in [-0.3, -0.25) is 4.79 Å². The Morgan fingerprint density at radius 2 is 1.79 bits per heavy atom. The fourth-order valence-corrected chi connectivity index (χ4v) is 3.91. The second-order valence-corrected chi connectivity index (χ2v) is 9.16. The van der Waals surface area contributed by atoms with E-state index in [1.165, 1.54) is 11.4 Å². The number of benzene rings is 2. The average molecular weight is 419 g/mol. The molecule has 0 bridgehead atoms. The van der Waals surface area contributed by atoms with Crippen LogP contribution in [0.25, 0.3) is 0 Å². The molecule has 2 aromatic carbocycles. The van der Waals surface area contributed by atoms with E-state index in [0.717, 1.165) is 12.0 Å². The van der Waals surface area contributed by atoms with Crippen molar-refractivity contribution in [3.8, 4) is 5.75 Å². The van der Waals surface area contributed by atoms with Gasteiger partial charge in [-0.1, -0.05) is 24.6 Å². The van der Waals surface area contributed by atoms with Crippen LogP contribution in [0.4, 0.5) is 0 Å². The van der Waals surface area contributed by atoms with Crippen molar-refractivity contribution in [3.63, 3.8) is 0 Å². The van der Waals surface area contributed by atoms with Crippen molar-refractivity contribution in [1.82, 2.24) is 9.62 Å². The van der Waals surface area contributed by atoms with Gasteiger partial charge in [0.05, 0.1) is 11.5 Å². The third kappa shape index (κ3) is 5.81. The number of aryl methyl sites for hydroxylation is 1. The summed E-state index contributed by atoms with van der Waals surface area (Å²) in [6.07, 6.45) is 0.827. The lowest BCUT2D eigenvalue weighted by Gasteiger charge is -2.20. The van der Waals surface area contributed by atoms with Crippen LogP contribution >= 0.6 is 0 Å². The molecule has 0 heterocycles. The zero-order chi connectivity index (χ0) is 21.6. The Morgan fingerprint density at radius 3 is 2.38 bits per heavy atom. The molecule has 0 spiro atoms. The molecule has 0 aliphatic rings. The number of ether oxygens (including phenoxy) is 1. The van der Waals surface area contributed by atoms with E-state index in [4.69, 9.17) is 4.74 Å².